The molecule has 0 fully saturated rings. The molecule has 0 bridgehead atoms. The lowest BCUT2D eigenvalue weighted by molar-refractivity contribution is -0.134. The molecular formula is C10H14F3N3. The first kappa shape index (κ1) is 12.6. The molecule has 3 nitrogen and oxygen atoms in total. The van der Waals surface area contributed by atoms with Crippen molar-refractivity contribution in [3.05, 3.63) is 17.8 Å². The van der Waals surface area contributed by atoms with Gasteiger partial charge in [-0.25, -0.2) is 4.98 Å². The number of aromatic nitrogens is 1. The van der Waals surface area contributed by atoms with E-state index < -0.39 is 12.6 Å². The number of hydrogen-bond acceptors (Lipinski definition) is 3. The van der Waals surface area contributed by atoms with E-state index in [1.807, 2.05) is 0 Å². The van der Waals surface area contributed by atoms with Gasteiger partial charge in [-0.05, 0) is 25.5 Å². The van der Waals surface area contributed by atoms with E-state index in [-0.39, 0.29) is 13.0 Å². The average Bonchev–Trinajstić information content (AvgIpc) is 2.17. The molecule has 0 atom stereocenters. The molecule has 3 N–H and O–H groups in total. The second-order valence-corrected chi connectivity index (χ2v) is 3.52. The predicted molar refractivity (Wildman–Crippen MR) is 57.2 cm³/mol. The first-order chi connectivity index (χ1) is 7.38. The molecular weight excluding hydrogens is 219 g/mol. The SMILES string of the molecule is Cc1nc(NCCCC(F)(F)F)ccc1N. The van der Waals surface area contributed by atoms with Crippen LogP contribution in [0.5, 0.6) is 0 Å². The normalized spacial score (nSPS) is 11.5. The van der Waals surface area contributed by atoms with Crippen molar-refractivity contribution in [2.75, 3.05) is 17.6 Å². The summed E-state index contributed by atoms with van der Waals surface area (Å²) in [5.41, 5.74) is 6.80. The zero-order chi connectivity index (χ0) is 12.2. The highest BCUT2D eigenvalue weighted by molar-refractivity contribution is 5.48. The number of halogens is 3. The molecule has 1 heterocycles. The fraction of sp³-hybridized carbons (Fsp3) is 0.500. The van der Waals surface area contributed by atoms with Crippen LogP contribution in [0.15, 0.2) is 12.1 Å². The standard InChI is InChI=1S/C10H14F3N3/c1-7-8(14)3-4-9(16-7)15-6-2-5-10(11,12)13/h3-4H,2,5-6,14H2,1H3,(H,15,16). The number of nitrogen functional groups attached to an aromatic ring is 1. The van der Waals surface area contributed by atoms with Crippen molar-refractivity contribution in [3.8, 4) is 0 Å². The Morgan fingerprint density at radius 3 is 2.62 bits per heavy atom. The molecule has 90 valence electrons. The Kier molecular flexibility index (Phi) is 3.98. The summed E-state index contributed by atoms with van der Waals surface area (Å²) < 4.78 is 35.5. The van der Waals surface area contributed by atoms with E-state index >= 15 is 0 Å². The molecule has 0 aliphatic carbocycles. The van der Waals surface area contributed by atoms with Crippen LogP contribution in [-0.2, 0) is 0 Å². The van der Waals surface area contributed by atoms with Gasteiger partial charge in [0.2, 0.25) is 0 Å². The molecule has 0 spiro atoms. The number of rotatable bonds is 4. The van der Waals surface area contributed by atoms with Crippen LogP contribution in [0.25, 0.3) is 0 Å². The van der Waals surface area contributed by atoms with Gasteiger partial charge in [-0.15, -0.1) is 0 Å². The fourth-order valence-corrected chi connectivity index (χ4v) is 1.18. The molecule has 0 amide bonds. The van der Waals surface area contributed by atoms with Gasteiger partial charge in [0.1, 0.15) is 5.82 Å². The summed E-state index contributed by atoms with van der Waals surface area (Å²) in [6, 6.07) is 3.32. The maximum atomic E-state index is 11.8. The largest absolute Gasteiger partial charge is 0.397 e. The minimum atomic E-state index is -4.09. The van der Waals surface area contributed by atoms with Crippen LogP contribution in [-0.4, -0.2) is 17.7 Å². The third-order valence-corrected chi connectivity index (χ3v) is 2.07. The third-order valence-electron chi connectivity index (χ3n) is 2.07. The summed E-state index contributed by atoms with van der Waals surface area (Å²) in [7, 11) is 0. The maximum Gasteiger partial charge on any atom is 0.389 e. The number of nitrogens with two attached hydrogens (primary N) is 1. The smallest absolute Gasteiger partial charge is 0.389 e. The van der Waals surface area contributed by atoms with Gasteiger partial charge in [-0.1, -0.05) is 0 Å². The lowest BCUT2D eigenvalue weighted by Crippen LogP contribution is -2.11. The van der Waals surface area contributed by atoms with Gasteiger partial charge in [0.15, 0.2) is 0 Å². The van der Waals surface area contributed by atoms with E-state index in [1.54, 1.807) is 19.1 Å². The Morgan fingerprint density at radius 1 is 1.38 bits per heavy atom. The number of anilines is 2. The van der Waals surface area contributed by atoms with E-state index in [4.69, 9.17) is 5.73 Å². The molecule has 0 radical (unpaired) electrons. The van der Waals surface area contributed by atoms with Crippen molar-refractivity contribution in [1.29, 1.82) is 0 Å². The topological polar surface area (TPSA) is 50.9 Å². The molecule has 0 aromatic carbocycles. The molecule has 0 saturated heterocycles. The van der Waals surface area contributed by atoms with Crippen LogP contribution in [0.1, 0.15) is 18.5 Å². The van der Waals surface area contributed by atoms with Gasteiger partial charge in [0.25, 0.3) is 0 Å². The van der Waals surface area contributed by atoms with Gasteiger partial charge in [-0.2, -0.15) is 13.2 Å². The minimum absolute atomic E-state index is 0.0363. The molecule has 1 aromatic rings. The number of pyridine rings is 1. The minimum Gasteiger partial charge on any atom is -0.397 e. The summed E-state index contributed by atoms with van der Waals surface area (Å²) in [6.45, 7) is 1.99. The van der Waals surface area contributed by atoms with E-state index in [0.717, 1.165) is 0 Å². The Hall–Kier alpha value is -1.46. The Balaban J connectivity index is 2.35. The molecule has 6 heteroatoms. The molecule has 0 aliphatic rings. The zero-order valence-electron chi connectivity index (χ0n) is 8.93. The molecule has 0 unspecified atom stereocenters. The van der Waals surface area contributed by atoms with Crippen LogP contribution in [0.4, 0.5) is 24.7 Å². The fourth-order valence-electron chi connectivity index (χ4n) is 1.18. The predicted octanol–water partition coefficient (Wildman–Crippen LogP) is 2.73. The van der Waals surface area contributed by atoms with Gasteiger partial charge in [0.05, 0.1) is 11.4 Å². The van der Waals surface area contributed by atoms with Crippen LogP contribution in [0.3, 0.4) is 0 Å². The lowest BCUT2D eigenvalue weighted by Gasteiger charge is -2.08. The van der Waals surface area contributed by atoms with E-state index in [0.29, 0.717) is 17.2 Å². The molecule has 1 rings (SSSR count). The zero-order valence-corrected chi connectivity index (χ0v) is 8.93. The molecule has 16 heavy (non-hydrogen) atoms. The van der Waals surface area contributed by atoms with E-state index in [2.05, 4.69) is 10.3 Å². The van der Waals surface area contributed by atoms with Gasteiger partial charge >= 0.3 is 6.18 Å². The number of nitrogens with one attached hydrogen (secondary N) is 1. The number of alkyl halides is 3. The van der Waals surface area contributed by atoms with Crippen molar-refractivity contribution in [2.24, 2.45) is 0 Å². The Morgan fingerprint density at radius 2 is 2.06 bits per heavy atom. The number of hydrogen-bond donors (Lipinski definition) is 2. The quantitative estimate of drug-likeness (QED) is 0.786. The highest BCUT2D eigenvalue weighted by Crippen LogP contribution is 2.21. The second-order valence-electron chi connectivity index (χ2n) is 3.52. The first-order valence-electron chi connectivity index (χ1n) is 4.92. The summed E-state index contributed by atoms with van der Waals surface area (Å²) in [5, 5.41) is 2.82. The number of aryl methyl sites for hydroxylation is 1. The van der Waals surface area contributed by atoms with E-state index in [1.165, 1.54) is 0 Å². The van der Waals surface area contributed by atoms with Gasteiger partial charge in [-0.3, -0.25) is 0 Å². The van der Waals surface area contributed by atoms with Crippen LogP contribution in [0, 0.1) is 6.92 Å². The van der Waals surface area contributed by atoms with Crippen LogP contribution < -0.4 is 11.1 Å². The van der Waals surface area contributed by atoms with E-state index in [9.17, 15) is 13.2 Å². The summed E-state index contributed by atoms with van der Waals surface area (Å²) in [6.07, 6.45) is -4.84. The highest BCUT2D eigenvalue weighted by Gasteiger charge is 2.25. The summed E-state index contributed by atoms with van der Waals surface area (Å²) in [5.74, 6) is 0.550. The average molecular weight is 233 g/mol. The van der Waals surface area contributed by atoms with Crippen LogP contribution >= 0.6 is 0 Å². The first-order valence-corrected chi connectivity index (χ1v) is 4.92. The Labute approximate surface area is 91.9 Å². The summed E-state index contributed by atoms with van der Waals surface area (Å²) in [4.78, 5) is 4.09. The van der Waals surface area contributed by atoms with Crippen molar-refractivity contribution in [2.45, 2.75) is 25.9 Å². The highest BCUT2D eigenvalue weighted by atomic mass is 19.4. The van der Waals surface area contributed by atoms with Crippen molar-refractivity contribution >= 4 is 11.5 Å². The van der Waals surface area contributed by atoms with Crippen molar-refractivity contribution < 1.29 is 13.2 Å². The summed E-state index contributed by atoms with van der Waals surface area (Å²) >= 11 is 0. The maximum absolute atomic E-state index is 11.8. The monoisotopic (exact) mass is 233 g/mol. The molecule has 0 aliphatic heterocycles. The van der Waals surface area contributed by atoms with Crippen LogP contribution in [0.2, 0.25) is 0 Å². The Bertz CT molecular complexity index is 350. The molecule has 1 aromatic heterocycles. The molecule has 0 saturated carbocycles. The third kappa shape index (κ3) is 4.37. The van der Waals surface area contributed by atoms with Gasteiger partial charge < -0.3 is 11.1 Å². The lowest BCUT2D eigenvalue weighted by atomic mass is 10.3. The van der Waals surface area contributed by atoms with Crippen molar-refractivity contribution in [3.63, 3.8) is 0 Å². The van der Waals surface area contributed by atoms with Gasteiger partial charge in [0, 0.05) is 13.0 Å². The van der Waals surface area contributed by atoms with Crippen molar-refractivity contribution in [1.82, 2.24) is 4.98 Å². The number of nitrogens with zero attached hydrogens (tertiary/aromatic N) is 1. The second kappa shape index (κ2) is 5.05.